The zero-order valence-corrected chi connectivity index (χ0v) is 18.2. The SMILES string of the molecule is CC(C)Cn1nc(C(=O)N2CCOCC2)c2c1CC[C@H](NCc1ccc(F)cc1F)C2. The Morgan fingerprint density at radius 1 is 1.29 bits per heavy atom. The Kier molecular flexibility index (Phi) is 6.67. The van der Waals surface area contributed by atoms with E-state index in [1.54, 1.807) is 0 Å². The summed E-state index contributed by atoms with van der Waals surface area (Å²) in [5.74, 6) is -0.732. The fraction of sp³-hybridized carbons (Fsp3) is 0.565. The van der Waals surface area contributed by atoms with Crippen LogP contribution in [0.25, 0.3) is 0 Å². The summed E-state index contributed by atoms with van der Waals surface area (Å²) in [5, 5.41) is 8.13. The van der Waals surface area contributed by atoms with Gasteiger partial charge in [0.1, 0.15) is 11.6 Å². The third-order valence-corrected chi connectivity index (χ3v) is 5.98. The van der Waals surface area contributed by atoms with E-state index >= 15 is 0 Å². The van der Waals surface area contributed by atoms with Crippen LogP contribution in [-0.4, -0.2) is 52.9 Å². The molecule has 0 saturated carbocycles. The molecule has 0 radical (unpaired) electrons. The highest BCUT2D eigenvalue weighted by molar-refractivity contribution is 5.94. The molecule has 2 aliphatic rings. The van der Waals surface area contributed by atoms with Gasteiger partial charge in [-0.05, 0) is 31.2 Å². The van der Waals surface area contributed by atoms with Crippen LogP contribution >= 0.6 is 0 Å². The lowest BCUT2D eigenvalue weighted by Crippen LogP contribution is -2.41. The van der Waals surface area contributed by atoms with Gasteiger partial charge in [0.25, 0.3) is 5.91 Å². The maximum absolute atomic E-state index is 14.0. The highest BCUT2D eigenvalue weighted by atomic mass is 19.1. The van der Waals surface area contributed by atoms with Crippen molar-refractivity contribution in [1.29, 1.82) is 0 Å². The standard InChI is InChI=1S/C23H30F2N4O2/c1-15(2)14-29-21-6-5-18(26-13-16-3-4-17(24)11-20(16)25)12-19(21)22(27-29)23(30)28-7-9-31-10-8-28/h3-4,11,15,18,26H,5-10,12-14H2,1-2H3/t18-/m0/s1. The second kappa shape index (κ2) is 9.44. The summed E-state index contributed by atoms with van der Waals surface area (Å²) >= 11 is 0. The van der Waals surface area contributed by atoms with Gasteiger partial charge in [-0.2, -0.15) is 5.10 Å². The number of hydrogen-bond donors (Lipinski definition) is 1. The Hall–Kier alpha value is -2.32. The van der Waals surface area contributed by atoms with E-state index in [0.717, 1.165) is 36.7 Å². The maximum Gasteiger partial charge on any atom is 0.274 e. The van der Waals surface area contributed by atoms with Crippen molar-refractivity contribution < 1.29 is 18.3 Å². The van der Waals surface area contributed by atoms with Crippen molar-refractivity contribution in [2.75, 3.05) is 26.3 Å². The molecular weight excluding hydrogens is 402 g/mol. The van der Waals surface area contributed by atoms with Crippen molar-refractivity contribution in [3.63, 3.8) is 0 Å². The Morgan fingerprint density at radius 3 is 2.77 bits per heavy atom. The highest BCUT2D eigenvalue weighted by Crippen LogP contribution is 2.27. The molecule has 1 aromatic heterocycles. The largest absolute Gasteiger partial charge is 0.378 e. The summed E-state index contributed by atoms with van der Waals surface area (Å²) in [6.45, 7) is 7.63. The van der Waals surface area contributed by atoms with Crippen LogP contribution in [0.4, 0.5) is 8.78 Å². The Morgan fingerprint density at radius 2 is 2.06 bits per heavy atom. The average molecular weight is 433 g/mol. The minimum absolute atomic E-state index is 0.0349. The predicted octanol–water partition coefficient (Wildman–Crippen LogP) is 2.94. The first-order chi connectivity index (χ1) is 14.9. The van der Waals surface area contributed by atoms with E-state index in [4.69, 9.17) is 9.84 Å². The summed E-state index contributed by atoms with van der Waals surface area (Å²) in [5.41, 5.74) is 3.11. The van der Waals surface area contributed by atoms with E-state index in [-0.39, 0.29) is 11.9 Å². The average Bonchev–Trinajstić information content (AvgIpc) is 3.10. The van der Waals surface area contributed by atoms with Crippen LogP contribution in [0.15, 0.2) is 18.2 Å². The van der Waals surface area contributed by atoms with E-state index in [2.05, 4.69) is 19.2 Å². The monoisotopic (exact) mass is 432 g/mol. The molecular formula is C23H30F2N4O2. The zero-order chi connectivity index (χ0) is 22.0. The molecule has 0 bridgehead atoms. The third kappa shape index (κ3) is 4.96. The first kappa shape index (κ1) is 21.9. The molecule has 1 amide bonds. The summed E-state index contributed by atoms with van der Waals surface area (Å²) < 4.78 is 34.5. The number of carbonyl (C=O) groups is 1. The number of nitrogens with one attached hydrogen (secondary N) is 1. The van der Waals surface area contributed by atoms with Gasteiger partial charge in [0.05, 0.1) is 13.2 Å². The highest BCUT2D eigenvalue weighted by Gasteiger charge is 2.31. The van der Waals surface area contributed by atoms with E-state index in [1.165, 1.54) is 12.1 Å². The lowest BCUT2D eigenvalue weighted by molar-refractivity contribution is 0.0297. The fourth-order valence-electron chi connectivity index (χ4n) is 4.37. The fourth-order valence-corrected chi connectivity index (χ4v) is 4.37. The lowest BCUT2D eigenvalue weighted by Gasteiger charge is -2.28. The number of ether oxygens (including phenoxy) is 1. The van der Waals surface area contributed by atoms with Crippen LogP contribution in [0.1, 0.15) is 47.6 Å². The number of nitrogens with zero attached hydrogens (tertiary/aromatic N) is 3. The lowest BCUT2D eigenvalue weighted by atomic mass is 9.90. The molecule has 2 heterocycles. The molecule has 1 N–H and O–H groups in total. The van der Waals surface area contributed by atoms with E-state index in [9.17, 15) is 13.6 Å². The van der Waals surface area contributed by atoms with Gasteiger partial charge < -0.3 is 15.0 Å². The third-order valence-electron chi connectivity index (χ3n) is 5.98. The normalized spacial score (nSPS) is 19.0. The molecule has 0 spiro atoms. The molecule has 4 rings (SSSR count). The van der Waals surface area contributed by atoms with Gasteiger partial charge in [-0.1, -0.05) is 19.9 Å². The summed E-state index contributed by atoms with van der Waals surface area (Å²) in [6.07, 6.45) is 2.36. The molecule has 2 aromatic rings. The molecule has 168 valence electrons. The molecule has 1 aliphatic carbocycles. The van der Waals surface area contributed by atoms with Gasteiger partial charge in [0.2, 0.25) is 0 Å². The van der Waals surface area contributed by atoms with E-state index in [0.29, 0.717) is 56.4 Å². The minimum atomic E-state index is -0.576. The Labute approximate surface area is 181 Å². The van der Waals surface area contributed by atoms with Crippen LogP contribution in [-0.2, 0) is 30.7 Å². The maximum atomic E-state index is 14.0. The van der Waals surface area contributed by atoms with E-state index < -0.39 is 11.6 Å². The topological polar surface area (TPSA) is 59.4 Å². The van der Waals surface area contributed by atoms with E-state index in [1.807, 2.05) is 9.58 Å². The van der Waals surface area contributed by atoms with Crippen LogP contribution in [0.5, 0.6) is 0 Å². The van der Waals surface area contributed by atoms with Crippen LogP contribution in [0.3, 0.4) is 0 Å². The number of fused-ring (bicyclic) bond motifs is 1. The van der Waals surface area contributed by atoms with Gasteiger partial charge in [-0.25, -0.2) is 8.78 Å². The number of rotatable bonds is 6. The van der Waals surface area contributed by atoms with Crippen LogP contribution < -0.4 is 5.32 Å². The number of halogens is 2. The second-order valence-electron chi connectivity index (χ2n) is 8.81. The van der Waals surface area contributed by atoms with Gasteiger partial charge in [-0.15, -0.1) is 0 Å². The van der Waals surface area contributed by atoms with Crippen LogP contribution in [0.2, 0.25) is 0 Å². The smallest absolute Gasteiger partial charge is 0.274 e. The minimum Gasteiger partial charge on any atom is -0.378 e. The van der Waals surface area contributed by atoms with Crippen molar-refractivity contribution >= 4 is 5.91 Å². The number of hydrogen-bond acceptors (Lipinski definition) is 4. The van der Waals surface area contributed by atoms with Gasteiger partial charge >= 0.3 is 0 Å². The number of amides is 1. The molecule has 1 fully saturated rings. The number of morpholine rings is 1. The Bertz CT molecular complexity index is 938. The first-order valence-corrected chi connectivity index (χ1v) is 11.0. The molecule has 1 aromatic carbocycles. The van der Waals surface area contributed by atoms with Crippen molar-refractivity contribution in [2.24, 2.45) is 5.92 Å². The predicted molar refractivity (Wildman–Crippen MR) is 113 cm³/mol. The van der Waals surface area contributed by atoms with Crippen molar-refractivity contribution in [3.05, 3.63) is 52.3 Å². The zero-order valence-electron chi connectivity index (χ0n) is 18.2. The second-order valence-corrected chi connectivity index (χ2v) is 8.81. The van der Waals surface area contributed by atoms with Crippen molar-refractivity contribution in [3.8, 4) is 0 Å². The van der Waals surface area contributed by atoms with Crippen LogP contribution in [0, 0.1) is 17.6 Å². The first-order valence-electron chi connectivity index (χ1n) is 11.0. The molecule has 1 aliphatic heterocycles. The summed E-state index contributed by atoms with van der Waals surface area (Å²) in [4.78, 5) is 15.0. The van der Waals surface area contributed by atoms with Gasteiger partial charge in [0.15, 0.2) is 5.69 Å². The number of aromatic nitrogens is 2. The molecule has 6 nitrogen and oxygen atoms in total. The van der Waals surface area contributed by atoms with Crippen molar-refractivity contribution in [2.45, 2.75) is 52.2 Å². The number of carbonyl (C=O) groups excluding carboxylic acids is 1. The number of benzene rings is 1. The Balaban J connectivity index is 1.53. The quantitative estimate of drug-likeness (QED) is 0.763. The molecule has 1 atom stereocenters. The summed E-state index contributed by atoms with van der Waals surface area (Å²) in [6, 6.07) is 3.75. The molecule has 1 saturated heterocycles. The van der Waals surface area contributed by atoms with Gasteiger partial charge in [-0.3, -0.25) is 9.48 Å². The summed E-state index contributed by atoms with van der Waals surface area (Å²) in [7, 11) is 0. The van der Waals surface area contributed by atoms with Crippen molar-refractivity contribution in [1.82, 2.24) is 20.0 Å². The molecule has 0 unspecified atom stereocenters. The van der Waals surface area contributed by atoms with Gasteiger partial charge in [0, 0.05) is 55.1 Å². The molecule has 8 heteroatoms. The molecule has 31 heavy (non-hydrogen) atoms.